The Bertz CT molecular complexity index is 2650. The van der Waals surface area contributed by atoms with Crippen LogP contribution in [-0.2, 0) is 10.0 Å². The Morgan fingerprint density at radius 3 is 2.46 bits per heavy atom. The van der Waals surface area contributed by atoms with Crippen molar-refractivity contribution in [1.82, 2.24) is 19.8 Å². The van der Waals surface area contributed by atoms with Gasteiger partial charge >= 0.3 is 0 Å². The number of carbonyl (C=O) groups excluding carboxylic acids is 1. The number of H-pyrrole nitrogens is 1. The molecule has 1 saturated carbocycles. The number of rotatable bonds is 13. The van der Waals surface area contributed by atoms with Crippen LogP contribution in [0.25, 0.3) is 16.5 Å². The van der Waals surface area contributed by atoms with Gasteiger partial charge in [0.25, 0.3) is 21.6 Å². The molecule has 1 aromatic heterocycles. The fraction of sp³-hybridized carbons (Fsp3) is 0.404. The normalized spacial score (nSPS) is 20.7. The number of nitro groups is 1. The number of hydrogen-bond acceptors (Lipinski definition) is 11. The summed E-state index contributed by atoms with van der Waals surface area (Å²) in [4.78, 5) is 29.8. The third-order valence-corrected chi connectivity index (χ3v) is 14.5. The van der Waals surface area contributed by atoms with Crippen molar-refractivity contribution in [3.8, 4) is 11.5 Å². The van der Waals surface area contributed by atoms with Gasteiger partial charge < -0.3 is 20.1 Å². The van der Waals surface area contributed by atoms with Crippen LogP contribution in [0.4, 0.5) is 17.1 Å². The van der Waals surface area contributed by atoms with Crippen molar-refractivity contribution >= 4 is 61.1 Å². The number of benzene rings is 4. The number of amides is 1. The first-order valence-corrected chi connectivity index (χ1v) is 23.4. The highest BCUT2D eigenvalue weighted by Gasteiger charge is 2.32. The molecule has 0 spiro atoms. The molecule has 1 saturated heterocycles. The van der Waals surface area contributed by atoms with Crippen LogP contribution in [-0.4, -0.2) is 84.3 Å². The van der Waals surface area contributed by atoms with Crippen LogP contribution in [0.3, 0.4) is 0 Å². The van der Waals surface area contributed by atoms with Crippen molar-refractivity contribution in [2.75, 3.05) is 49.5 Å². The number of carbonyl (C=O) groups is 1. The number of allylic oxidation sites excluding steroid dienone is 1. The van der Waals surface area contributed by atoms with Crippen molar-refractivity contribution in [3.05, 3.63) is 117 Å². The third-order valence-electron chi connectivity index (χ3n) is 12.9. The Labute approximate surface area is 372 Å². The summed E-state index contributed by atoms with van der Waals surface area (Å²) in [5, 5.41) is 34.0. The van der Waals surface area contributed by atoms with Crippen molar-refractivity contribution in [2.45, 2.75) is 76.2 Å². The number of aliphatic hydroxyl groups is 1. The summed E-state index contributed by atoms with van der Waals surface area (Å²) in [7, 11) is -4.58. The average Bonchev–Trinajstić information content (AvgIpc) is 3.74. The van der Waals surface area contributed by atoms with Crippen LogP contribution in [0.2, 0.25) is 5.02 Å². The minimum absolute atomic E-state index is 0.0393. The van der Waals surface area contributed by atoms with E-state index < -0.39 is 37.0 Å². The van der Waals surface area contributed by atoms with Gasteiger partial charge in [0.05, 0.1) is 38.1 Å². The maximum absolute atomic E-state index is 14.0. The van der Waals surface area contributed by atoms with Gasteiger partial charge in [-0.1, -0.05) is 49.2 Å². The molecule has 0 radical (unpaired) electrons. The van der Waals surface area contributed by atoms with E-state index in [0.717, 1.165) is 87.1 Å². The van der Waals surface area contributed by atoms with Crippen LogP contribution in [0.15, 0.2) is 95.5 Å². The van der Waals surface area contributed by atoms with E-state index in [0.29, 0.717) is 30.5 Å². The smallest absolute Gasteiger partial charge is 0.293 e. The Morgan fingerprint density at radius 2 is 1.73 bits per heavy atom. The lowest BCUT2D eigenvalue weighted by atomic mass is 9.72. The second-order valence-corrected chi connectivity index (χ2v) is 20.4. The Kier molecular flexibility index (Phi) is 12.6. The maximum atomic E-state index is 14.0. The van der Waals surface area contributed by atoms with E-state index in [-0.39, 0.29) is 28.3 Å². The molecule has 4 aromatic carbocycles. The monoisotopic (exact) mass is 895 g/mol. The van der Waals surface area contributed by atoms with Gasteiger partial charge in [0, 0.05) is 62.1 Å². The first-order valence-electron chi connectivity index (χ1n) is 21.5. The zero-order chi connectivity index (χ0) is 44.5. The predicted molar refractivity (Wildman–Crippen MR) is 246 cm³/mol. The third kappa shape index (κ3) is 10.3. The molecule has 4 N–H and O–H groups in total. The molecule has 0 bridgehead atoms. The second-order valence-electron chi connectivity index (χ2n) is 18.3. The molecule has 2 heterocycles. The van der Waals surface area contributed by atoms with E-state index >= 15 is 0 Å². The van der Waals surface area contributed by atoms with E-state index in [4.69, 9.17) is 16.3 Å². The fourth-order valence-corrected chi connectivity index (χ4v) is 10.1. The van der Waals surface area contributed by atoms with Crippen LogP contribution in [0, 0.1) is 21.4 Å². The summed E-state index contributed by atoms with van der Waals surface area (Å²) in [5.74, 6) is -0.210. The summed E-state index contributed by atoms with van der Waals surface area (Å²) in [5.41, 5.74) is 4.83. The van der Waals surface area contributed by atoms with Crippen molar-refractivity contribution in [1.29, 1.82) is 0 Å². The van der Waals surface area contributed by atoms with Crippen LogP contribution < -0.4 is 19.7 Å². The topological polar surface area (TPSA) is 183 Å². The zero-order valence-corrected chi connectivity index (χ0v) is 37.4. The molecule has 1 aliphatic heterocycles. The summed E-state index contributed by atoms with van der Waals surface area (Å²) in [6.45, 7) is 10.9. The Balaban J connectivity index is 1.00. The molecular weight excluding hydrogens is 842 g/mol. The molecule has 14 nitrogen and oxygen atoms in total. The van der Waals surface area contributed by atoms with Gasteiger partial charge in [-0.3, -0.25) is 24.9 Å². The van der Waals surface area contributed by atoms with Gasteiger partial charge in [-0.15, -0.1) is 0 Å². The highest BCUT2D eigenvalue weighted by molar-refractivity contribution is 7.90. The number of aromatic nitrogens is 2. The molecule has 0 atom stereocenters. The number of piperazine rings is 1. The van der Waals surface area contributed by atoms with Gasteiger partial charge in [0.1, 0.15) is 17.2 Å². The number of nitrogens with one attached hydrogen (secondary N) is 3. The molecule has 1 amide bonds. The molecule has 2 fully saturated rings. The maximum Gasteiger partial charge on any atom is 0.293 e. The zero-order valence-electron chi connectivity index (χ0n) is 35.8. The molecule has 2 aliphatic carbocycles. The Hall–Kier alpha value is -5.48. The lowest BCUT2D eigenvalue weighted by molar-refractivity contribution is -0.384. The highest BCUT2D eigenvalue weighted by Crippen LogP contribution is 2.44. The number of hydrogen-bond donors (Lipinski definition) is 4. The first kappa shape index (κ1) is 44.1. The number of fused-ring (bicyclic) bond motifs is 1. The summed E-state index contributed by atoms with van der Waals surface area (Å²) < 4.78 is 36.0. The Morgan fingerprint density at radius 1 is 0.984 bits per heavy atom. The number of aromatic amines is 1. The molecular formula is C47H54ClN7O7S. The van der Waals surface area contributed by atoms with Crippen LogP contribution >= 0.6 is 11.6 Å². The minimum Gasteiger partial charge on any atom is -0.456 e. The minimum atomic E-state index is -4.58. The number of nitro benzene ring substituents is 1. The molecule has 3 aliphatic rings. The summed E-state index contributed by atoms with van der Waals surface area (Å²) in [6, 6.07) is 22.1. The first-order chi connectivity index (χ1) is 30.0. The summed E-state index contributed by atoms with van der Waals surface area (Å²) >= 11 is 6.24. The van der Waals surface area contributed by atoms with Gasteiger partial charge in [0.2, 0.25) is 0 Å². The number of sulfonamides is 1. The van der Waals surface area contributed by atoms with Gasteiger partial charge in [-0.25, -0.2) is 13.1 Å². The lowest BCUT2D eigenvalue weighted by Crippen LogP contribution is -2.47. The van der Waals surface area contributed by atoms with Crippen LogP contribution in [0.1, 0.15) is 81.6 Å². The van der Waals surface area contributed by atoms with E-state index in [1.165, 1.54) is 28.8 Å². The molecule has 5 aromatic rings. The lowest BCUT2D eigenvalue weighted by Gasteiger charge is -2.39. The molecule has 63 heavy (non-hydrogen) atoms. The summed E-state index contributed by atoms with van der Waals surface area (Å²) in [6.07, 6.45) is 7.59. The fourth-order valence-electron chi connectivity index (χ4n) is 9.00. The standard InChI is InChI=1S/C47H54ClN7O7S/c1-46(2)18-17-33(38(27-46)32-7-9-34(48)10-8-32)30-53-21-23-54(24-22-53)35-11-13-37(44(25-35)62-43-6-4-5-40-39(43)29-50-51-40)45(56)52-63(60,61)36-12-14-41(42(26-36)55(58)59)49-28-31-15-19-47(3,57)20-16-31/h4-14,25-26,29,31,49,57H,15-24,27-28,30H2,1-3H3,(H,50,51)(H,52,56)/t31-,47+. The highest BCUT2D eigenvalue weighted by atomic mass is 35.5. The van der Waals surface area contributed by atoms with E-state index in [1.54, 1.807) is 36.5 Å². The molecule has 8 rings (SSSR count). The van der Waals surface area contributed by atoms with Gasteiger partial charge in [0.15, 0.2) is 0 Å². The van der Waals surface area contributed by atoms with Crippen molar-refractivity contribution in [3.63, 3.8) is 0 Å². The number of nitrogens with zero attached hydrogens (tertiary/aromatic N) is 4. The SMILES string of the molecule is CC1(C)CCC(CN2CCN(c3ccc(C(=O)NS(=O)(=O)c4ccc(NC[C@H]5CC[C@@](C)(O)CC5)c([N+](=O)[O-])c4)c(Oc4cccc5[nH]ncc45)c3)CC2)=C(c2ccc(Cl)cc2)C1. The van der Waals surface area contributed by atoms with Gasteiger partial charge in [-0.05, 0) is 123 Å². The second kappa shape index (κ2) is 17.9. The van der Waals surface area contributed by atoms with Crippen molar-refractivity contribution < 1.29 is 28.0 Å². The van der Waals surface area contributed by atoms with E-state index in [1.807, 2.05) is 25.1 Å². The molecule has 332 valence electrons. The number of anilines is 2. The molecule has 16 heteroatoms. The van der Waals surface area contributed by atoms with E-state index in [9.17, 15) is 28.4 Å². The van der Waals surface area contributed by atoms with Gasteiger partial charge in [-0.2, -0.15) is 5.10 Å². The number of ether oxygens (including phenoxy) is 1. The number of halogens is 1. The largest absolute Gasteiger partial charge is 0.456 e. The van der Waals surface area contributed by atoms with E-state index in [2.05, 4.69) is 56.0 Å². The van der Waals surface area contributed by atoms with Crippen LogP contribution in [0.5, 0.6) is 11.5 Å². The van der Waals surface area contributed by atoms with Crippen molar-refractivity contribution in [2.24, 2.45) is 11.3 Å². The average molecular weight is 897 g/mol. The quantitative estimate of drug-likeness (QED) is 0.0653. The molecule has 0 unspecified atom stereocenters. The predicted octanol–water partition coefficient (Wildman–Crippen LogP) is 9.17.